The van der Waals surface area contributed by atoms with Gasteiger partial charge in [0.25, 0.3) is 0 Å². The van der Waals surface area contributed by atoms with Gasteiger partial charge in [-0.15, -0.1) is 0 Å². The molecule has 5 heteroatoms. The topological polar surface area (TPSA) is 46.6 Å². The summed E-state index contributed by atoms with van der Waals surface area (Å²) in [5, 5.41) is 3.59. The second-order valence-corrected chi connectivity index (χ2v) is 7.01. The number of hydrogen-bond acceptors (Lipinski definition) is 5. The summed E-state index contributed by atoms with van der Waals surface area (Å²) in [6, 6.07) is 10.1. The molecule has 0 saturated carbocycles. The largest absolute Gasteiger partial charge is 0.493 e. The van der Waals surface area contributed by atoms with Crippen molar-refractivity contribution >= 4 is 0 Å². The molecular formula is C21H29N3O2. The van der Waals surface area contributed by atoms with Crippen LogP contribution in [-0.2, 0) is 13.2 Å². The maximum atomic E-state index is 5.90. The molecule has 0 atom stereocenters. The molecule has 1 aromatic carbocycles. The van der Waals surface area contributed by atoms with Gasteiger partial charge in [-0.2, -0.15) is 0 Å². The number of likely N-dealkylation sites (tertiary alicyclic amines) is 1. The lowest BCUT2D eigenvalue weighted by molar-refractivity contribution is 0.216. The van der Waals surface area contributed by atoms with Crippen molar-refractivity contribution in [2.24, 2.45) is 5.92 Å². The van der Waals surface area contributed by atoms with E-state index in [0.717, 1.165) is 36.1 Å². The first kappa shape index (κ1) is 18.7. The first-order chi connectivity index (χ1) is 12.7. The van der Waals surface area contributed by atoms with E-state index in [0.29, 0.717) is 6.61 Å². The number of pyridine rings is 1. The molecule has 1 aliphatic heterocycles. The summed E-state index contributed by atoms with van der Waals surface area (Å²) < 4.78 is 11.4. The van der Waals surface area contributed by atoms with Crippen LogP contribution in [0.5, 0.6) is 11.5 Å². The Hall–Kier alpha value is -2.11. The lowest BCUT2D eigenvalue weighted by Crippen LogP contribution is -2.34. The van der Waals surface area contributed by atoms with E-state index in [4.69, 9.17) is 9.47 Å². The Bertz CT molecular complexity index is 670. The monoisotopic (exact) mass is 355 g/mol. The molecule has 1 fully saturated rings. The van der Waals surface area contributed by atoms with Crippen LogP contribution in [0.15, 0.2) is 42.7 Å². The van der Waals surface area contributed by atoms with E-state index >= 15 is 0 Å². The molecule has 1 aromatic heterocycles. The fraction of sp³-hybridized carbons (Fsp3) is 0.476. The first-order valence-corrected chi connectivity index (χ1v) is 9.32. The maximum Gasteiger partial charge on any atom is 0.161 e. The Balaban J connectivity index is 1.49. The molecule has 26 heavy (non-hydrogen) atoms. The predicted octanol–water partition coefficient (Wildman–Crippen LogP) is 3.10. The van der Waals surface area contributed by atoms with Crippen LogP contribution in [0, 0.1) is 5.92 Å². The average Bonchev–Trinajstić information content (AvgIpc) is 2.69. The third-order valence-electron chi connectivity index (χ3n) is 4.97. The van der Waals surface area contributed by atoms with Gasteiger partial charge >= 0.3 is 0 Å². The standard InChI is InChI=1S/C21H29N3O2/c1-24-11-7-17(8-12-24)14-23-15-19-3-4-20(21(13-19)25-2)26-16-18-5-9-22-10-6-18/h3-6,9-10,13,17,23H,7-8,11-12,14-16H2,1-2H3. The molecule has 0 unspecified atom stereocenters. The highest BCUT2D eigenvalue weighted by atomic mass is 16.5. The third-order valence-corrected chi connectivity index (χ3v) is 4.97. The van der Waals surface area contributed by atoms with Crippen LogP contribution in [0.4, 0.5) is 0 Å². The first-order valence-electron chi connectivity index (χ1n) is 9.32. The molecule has 0 spiro atoms. The van der Waals surface area contributed by atoms with Crippen LogP contribution in [0.2, 0.25) is 0 Å². The Morgan fingerprint density at radius 2 is 1.85 bits per heavy atom. The molecule has 1 saturated heterocycles. The second kappa shape index (κ2) is 9.55. The number of ether oxygens (including phenoxy) is 2. The second-order valence-electron chi connectivity index (χ2n) is 7.01. The summed E-state index contributed by atoms with van der Waals surface area (Å²) in [5.74, 6) is 2.33. The van der Waals surface area contributed by atoms with Crippen molar-refractivity contribution in [2.45, 2.75) is 26.0 Å². The molecule has 0 amide bonds. The van der Waals surface area contributed by atoms with Crippen molar-refractivity contribution < 1.29 is 9.47 Å². The van der Waals surface area contributed by atoms with Gasteiger partial charge in [-0.3, -0.25) is 4.98 Å². The summed E-state index contributed by atoms with van der Waals surface area (Å²) in [4.78, 5) is 6.43. The smallest absolute Gasteiger partial charge is 0.161 e. The third kappa shape index (κ3) is 5.44. The van der Waals surface area contributed by atoms with Crippen molar-refractivity contribution in [1.82, 2.24) is 15.2 Å². The van der Waals surface area contributed by atoms with Crippen LogP contribution in [0.25, 0.3) is 0 Å². The van der Waals surface area contributed by atoms with E-state index in [9.17, 15) is 0 Å². The lowest BCUT2D eigenvalue weighted by Gasteiger charge is -2.29. The fourth-order valence-corrected chi connectivity index (χ4v) is 3.27. The summed E-state index contributed by atoms with van der Waals surface area (Å²) in [6.07, 6.45) is 6.12. The molecule has 3 rings (SSSR count). The Labute approximate surface area is 156 Å². The Kier molecular flexibility index (Phi) is 6.86. The van der Waals surface area contributed by atoms with Gasteiger partial charge in [-0.1, -0.05) is 6.07 Å². The quantitative estimate of drug-likeness (QED) is 0.788. The summed E-state index contributed by atoms with van der Waals surface area (Å²) in [6.45, 7) is 4.86. The SMILES string of the molecule is COc1cc(CNCC2CCN(C)CC2)ccc1OCc1ccncc1. The highest BCUT2D eigenvalue weighted by Gasteiger charge is 2.16. The van der Waals surface area contributed by atoms with E-state index in [-0.39, 0.29) is 0 Å². The van der Waals surface area contributed by atoms with Crippen molar-refractivity contribution in [3.05, 3.63) is 53.9 Å². The summed E-state index contributed by atoms with van der Waals surface area (Å²) >= 11 is 0. The number of hydrogen-bond donors (Lipinski definition) is 1. The zero-order valence-corrected chi connectivity index (χ0v) is 15.8. The molecule has 1 N–H and O–H groups in total. The molecule has 0 radical (unpaired) electrons. The number of rotatable bonds is 8. The van der Waals surface area contributed by atoms with Gasteiger partial charge in [0.05, 0.1) is 7.11 Å². The zero-order chi connectivity index (χ0) is 18.2. The van der Waals surface area contributed by atoms with Crippen molar-refractivity contribution in [1.29, 1.82) is 0 Å². The van der Waals surface area contributed by atoms with Gasteiger partial charge in [0, 0.05) is 18.9 Å². The van der Waals surface area contributed by atoms with Gasteiger partial charge < -0.3 is 19.7 Å². The van der Waals surface area contributed by atoms with Gasteiger partial charge in [-0.25, -0.2) is 0 Å². The maximum absolute atomic E-state index is 5.90. The van der Waals surface area contributed by atoms with Gasteiger partial charge in [-0.05, 0) is 80.8 Å². The summed E-state index contributed by atoms with van der Waals surface area (Å²) in [5.41, 5.74) is 2.30. The molecule has 2 heterocycles. The van der Waals surface area contributed by atoms with Crippen LogP contribution in [0.1, 0.15) is 24.0 Å². The van der Waals surface area contributed by atoms with Gasteiger partial charge in [0.2, 0.25) is 0 Å². The molecule has 140 valence electrons. The molecule has 0 bridgehead atoms. The number of piperidine rings is 1. The number of benzene rings is 1. The van der Waals surface area contributed by atoms with E-state index in [1.807, 2.05) is 18.2 Å². The lowest BCUT2D eigenvalue weighted by atomic mass is 9.97. The van der Waals surface area contributed by atoms with Crippen molar-refractivity contribution in [2.75, 3.05) is 33.8 Å². The fourth-order valence-electron chi connectivity index (χ4n) is 3.27. The predicted molar refractivity (Wildman–Crippen MR) is 103 cm³/mol. The molecule has 2 aromatic rings. The normalized spacial score (nSPS) is 15.8. The van der Waals surface area contributed by atoms with Crippen LogP contribution >= 0.6 is 0 Å². The molecule has 0 aliphatic carbocycles. The van der Waals surface area contributed by atoms with Crippen molar-refractivity contribution in [3.63, 3.8) is 0 Å². The Morgan fingerprint density at radius 1 is 1.08 bits per heavy atom. The Morgan fingerprint density at radius 3 is 2.58 bits per heavy atom. The molecular weight excluding hydrogens is 326 g/mol. The van der Waals surface area contributed by atoms with E-state index < -0.39 is 0 Å². The minimum Gasteiger partial charge on any atom is -0.493 e. The highest BCUT2D eigenvalue weighted by Crippen LogP contribution is 2.29. The van der Waals surface area contributed by atoms with Gasteiger partial charge in [0.15, 0.2) is 11.5 Å². The van der Waals surface area contributed by atoms with E-state index in [1.54, 1.807) is 19.5 Å². The van der Waals surface area contributed by atoms with Crippen molar-refractivity contribution in [3.8, 4) is 11.5 Å². The van der Waals surface area contributed by atoms with E-state index in [2.05, 4.69) is 34.4 Å². The minimum absolute atomic E-state index is 0.507. The van der Waals surface area contributed by atoms with Crippen LogP contribution < -0.4 is 14.8 Å². The summed E-state index contributed by atoms with van der Waals surface area (Å²) in [7, 11) is 3.89. The number of methoxy groups -OCH3 is 1. The number of nitrogens with zero attached hydrogens (tertiary/aromatic N) is 2. The highest BCUT2D eigenvalue weighted by molar-refractivity contribution is 5.43. The zero-order valence-electron chi connectivity index (χ0n) is 15.8. The van der Waals surface area contributed by atoms with Crippen LogP contribution in [-0.4, -0.2) is 43.7 Å². The average molecular weight is 355 g/mol. The van der Waals surface area contributed by atoms with Crippen LogP contribution in [0.3, 0.4) is 0 Å². The molecule has 5 nitrogen and oxygen atoms in total. The van der Waals surface area contributed by atoms with E-state index in [1.165, 1.54) is 31.5 Å². The number of nitrogens with one attached hydrogen (secondary N) is 1. The van der Waals surface area contributed by atoms with Gasteiger partial charge in [0.1, 0.15) is 6.61 Å². The molecule has 1 aliphatic rings. The number of aromatic nitrogens is 1. The minimum atomic E-state index is 0.507.